The first-order valence-electron chi connectivity index (χ1n) is 7.01. The van der Waals surface area contributed by atoms with Gasteiger partial charge in [0.1, 0.15) is 0 Å². The normalized spacial score (nSPS) is 20.1. The zero-order valence-corrected chi connectivity index (χ0v) is 12.4. The molecular formula is C16H24N2O. The molecule has 19 heavy (non-hydrogen) atoms. The summed E-state index contributed by atoms with van der Waals surface area (Å²) in [5, 5.41) is 3.29. The van der Waals surface area contributed by atoms with E-state index < -0.39 is 0 Å². The molecule has 0 radical (unpaired) electrons. The molecule has 0 saturated heterocycles. The number of carbonyl (C=O) groups excluding carboxylic acids is 1. The first kappa shape index (κ1) is 14.1. The molecule has 1 amide bonds. The number of carbonyl (C=O) groups is 1. The van der Waals surface area contributed by atoms with E-state index >= 15 is 0 Å². The molecule has 1 atom stereocenters. The summed E-state index contributed by atoms with van der Waals surface area (Å²) in [5.41, 5.74) is 2.50. The van der Waals surface area contributed by atoms with Gasteiger partial charge in [0.2, 0.25) is 5.91 Å². The van der Waals surface area contributed by atoms with E-state index in [4.69, 9.17) is 0 Å². The van der Waals surface area contributed by atoms with Crippen molar-refractivity contribution in [3.8, 4) is 0 Å². The molecular weight excluding hydrogens is 236 g/mol. The van der Waals surface area contributed by atoms with Gasteiger partial charge in [0.25, 0.3) is 0 Å². The molecule has 0 spiro atoms. The molecule has 1 heterocycles. The summed E-state index contributed by atoms with van der Waals surface area (Å²) in [5.74, 6) is 0.175. The molecule has 0 saturated carbocycles. The van der Waals surface area contributed by atoms with Crippen molar-refractivity contribution in [3.05, 3.63) is 29.8 Å². The van der Waals surface area contributed by atoms with Gasteiger partial charge < -0.3 is 10.2 Å². The van der Waals surface area contributed by atoms with E-state index in [2.05, 4.69) is 38.2 Å². The number of hydrogen-bond acceptors (Lipinski definition) is 2. The third-order valence-electron chi connectivity index (χ3n) is 3.60. The number of rotatable bonds is 2. The Labute approximate surface area is 116 Å². The summed E-state index contributed by atoms with van der Waals surface area (Å²) in [6.45, 7) is 10.1. The third-order valence-corrected chi connectivity index (χ3v) is 3.60. The minimum absolute atomic E-state index is 0.118. The van der Waals surface area contributed by atoms with Crippen LogP contribution in [-0.2, 0) is 11.3 Å². The summed E-state index contributed by atoms with van der Waals surface area (Å²) >= 11 is 0. The highest BCUT2D eigenvalue weighted by Crippen LogP contribution is 2.27. The molecule has 1 N–H and O–H groups in total. The SMILES string of the molecule is CC1NCc2ccccc2N(CCC(C)(C)C)C1=O. The zero-order chi connectivity index (χ0) is 14.0. The summed E-state index contributed by atoms with van der Waals surface area (Å²) in [7, 11) is 0. The van der Waals surface area contributed by atoms with Crippen LogP contribution in [0.25, 0.3) is 0 Å². The van der Waals surface area contributed by atoms with Crippen molar-refractivity contribution in [2.24, 2.45) is 5.41 Å². The second-order valence-electron chi connectivity index (χ2n) is 6.53. The molecule has 1 aromatic rings. The van der Waals surface area contributed by atoms with Gasteiger partial charge in [0.05, 0.1) is 6.04 Å². The number of anilines is 1. The van der Waals surface area contributed by atoms with Gasteiger partial charge in [-0.1, -0.05) is 39.0 Å². The van der Waals surface area contributed by atoms with E-state index in [9.17, 15) is 4.79 Å². The lowest BCUT2D eigenvalue weighted by molar-refractivity contribution is -0.120. The Morgan fingerprint density at radius 1 is 1.32 bits per heavy atom. The highest BCUT2D eigenvalue weighted by Gasteiger charge is 2.27. The fourth-order valence-electron chi connectivity index (χ4n) is 2.30. The van der Waals surface area contributed by atoms with E-state index in [0.29, 0.717) is 0 Å². The lowest BCUT2D eigenvalue weighted by Gasteiger charge is -2.28. The number of hydrogen-bond donors (Lipinski definition) is 1. The van der Waals surface area contributed by atoms with Gasteiger partial charge in [-0.3, -0.25) is 4.79 Å². The second-order valence-corrected chi connectivity index (χ2v) is 6.53. The highest BCUT2D eigenvalue weighted by atomic mass is 16.2. The average molecular weight is 260 g/mol. The van der Waals surface area contributed by atoms with Gasteiger partial charge >= 0.3 is 0 Å². The second kappa shape index (κ2) is 5.33. The average Bonchev–Trinajstić information content (AvgIpc) is 2.46. The topological polar surface area (TPSA) is 32.3 Å². The van der Waals surface area contributed by atoms with Crippen molar-refractivity contribution in [2.45, 2.75) is 46.7 Å². The molecule has 3 heteroatoms. The molecule has 1 aliphatic heterocycles. The van der Waals surface area contributed by atoms with Crippen molar-refractivity contribution in [3.63, 3.8) is 0 Å². The Morgan fingerprint density at radius 2 is 2.00 bits per heavy atom. The third kappa shape index (κ3) is 3.35. The lowest BCUT2D eigenvalue weighted by atomic mass is 9.92. The van der Waals surface area contributed by atoms with Gasteiger partial charge in [-0.15, -0.1) is 0 Å². The van der Waals surface area contributed by atoms with Crippen LogP contribution >= 0.6 is 0 Å². The summed E-state index contributed by atoms with van der Waals surface area (Å²) in [6, 6.07) is 8.06. The van der Waals surface area contributed by atoms with Gasteiger partial charge in [-0.05, 0) is 30.4 Å². The van der Waals surface area contributed by atoms with Crippen LogP contribution in [0.15, 0.2) is 24.3 Å². The Kier molecular flexibility index (Phi) is 3.95. The standard InChI is InChI=1S/C16H24N2O/c1-12-15(19)18(10-9-16(2,3)4)14-8-6-5-7-13(14)11-17-12/h5-8,12,17H,9-11H2,1-4H3. The molecule has 3 nitrogen and oxygen atoms in total. The predicted molar refractivity (Wildman–Crippen MR) is 79.2 cm³/mol. The van der Waals surface area contributed by atoms with Crippen molar-refractivity contribution in [2.75, 3.05) is 11.4 Å². The van der Waals surface area contributed by atoms with Crippen LogP contribution < -0.4 is 10.2 Å². The summed E-state index contributed by atoms with van der Waals surface area (Å²) in [6.07, 6.45) is 1.000. The predicted octanol–water partition coefficient (Wildman–Crippen LogP) is 2.95. The number of nitrogens with one attached hydrogen (secondary N) is 1. The minimum Gasteiger partial charge on any atom is -0.311 e. The van der Waals surface area contributed by atoms with E-state index in [1.165, 1.54) is 5.56 Å². The molecule has 1 unspecified atom stereocenters. The van der Waals surface area contributed by atoms with Gasteiger partial charge in [0.15, 0.2) is 0 Å². The largest absolute Gasteiger partial charge is 0.311 e. The summed E-state index contributed by atoms with van der Waals surface area (Å²) < 4.78 is 0. The molecule has 0 fully saturated rings. The molecule has 1 aromatic carbocycles. The summed E-state index contributed by atoms with van der Waals surface area (Å²) in [4.78, 5) is 14.4. The highest BCUT2D eigenvalue weighted by molar-refractivity contribution is 5.98. The van der Waals surface area contributed by atoms with E-state index in [0.717, 1.165) is 25.2 Å². The van der Waals surface area contributed by atoms with Crippen LogP contribution in [0.3, 0.4) is 0 Å². The van der Waals surface area contributed by atoms with Crippen LogP contribution in [0.4, 0.5) is 5.69 Å². The maximum absolute atomic E-state index is 12.5. The first-order chi connectivity index (χ1) is 8.88. The van der Waals surface area contributed by atoms with Crippen molar-refractivity contribution < 1.29 is 4.79 Å². The van der Waals surface area contributed by atoms with Crippen LogP contribution in [0.1, 0.15) is 39.7 Å². The smallest absolute Gasteiger partial charge is 0.243 e. The van der Waals surface area contributed by atoms with E-state index in [1.807, 2.05) is 24.0 Å². The molecule has 1 aliphatic rings. The Balaban J connectivity index is 2.28. The minimum atomic E-state index is -0.118. The van der Waals surface area contributed by atoms with Gasteiger partial charge in [0, 0.05) is 18.8 Å². The van der Waals surface area contributed by atoms with Crippen LogP contribution in [-0.4, -0.2) is 18.5 Å². The lowest BCUT2D eigenvalue weighted by Crippen LogP contribution is -2.43. The van der Waals surface area contributed by atoms with Gasteiger partial charge in [-0.2, -0.15) is 0 Å². The van der Waals surface area contributed by atoms with Crippen molar-refractivity contribution in [1.29, 1.82) is 0 Å². The zero-order valence-electron chi connectivity index (χ0n) is 12.4. The maximum Gasteiger partial charge on any atom is 0.243 e. The fourth-order valence-corrected chi connectivity index (χ4v) is 2.30. The van der Waals surface area contributed by atoms with Crippen LogP contribution in [0, 0.1) is 5.41 Å². The Bertz CT molecular complexity index is 462. The number of benzene rings is 1. The Morgan fingerprint density at radius 3 is 2.68 bits per heavy atom. The van der Waals surface area contributed by atoms with Crippen molar-refractivity contribution in [1.82, 2.24) is 5.32 Å². The quantitative estimate of drug-likeness (QED) is 0.886. The van der Waals surface area contributed by atoms with E-state index in [-0.39, 0.29) is 17.4 Å². The molecule has 0 aliphatic carbocycles. The van der Waals surface area contributed by atoms with Crippen LogP contribution in [0.5, 0.6) is 0 Å². The number of amides is 1. The Hall–Kier alpha value is -1.35. The number of para-hydroxylation sites is 1. The monoisotopic (exact) mass is 260 g/mol. The van der Waals surface area contributed by atoms with Gasteiger partial charge in [-0.25, -0.2) is 0 Å². The molecule has 104 valence electrons. The van der Waals surface area contributed by atoms with Crippen molar-refractivity contribution >= 4 is 11.6 Å². The molecule has 2 rings (SSSR count). The molecule has 0 bridgehead atoms. The molecule has 0 aromatic heterocycles. The maximum atomic E-state index is 12.5. The fraction of sp³-hybridized carbons (Fsp3) is 0.562. The number of fused-ring (bicyclic) bond motifs is 1. The van der Waals surface area contributed by atoms with E-state index in [1.54, 1.807) is 0 Å². The number of nitrogens with zero attached hydrogens (tertiary/aromatic N) is 1. The van der Waals surface area contributed by atoms with Crippen LogP contribution in [0.2, 0.25) is 0 Å². The first-order valence-corrected chi connectivity index (χ1v) is 7.01.